The zero-order valence-electron chi connectivity index (χ0n) is 13.1. The van der Waals surface area contributed by atoms with Crippen molar-refractivity contribution in [3.8, 4) is 0 Å². The molecule has 0 spiro atoms. The van der Waals surface area contributed by atoms with Crippen molar-refractivity contribution in [2.75, 3.05) is 12.4 Å². The minimum atomic E-state index is -0.493. The van der Waals surface area contributed by atoms with Gasteiger partial charge in [-0.15, -0.1) is 0 Å². The molecular weight excluding hydrogens is 268 g/mol. The van der Waals surface area contributed by atoms with Gasteiger partial charge in [-0.25, -0.2) is 0 Å². The van der Waals surface area contributed by atoms with Gasteiger partial charge in [-0.3, -0.25) is 14.9 Å². The lowest BCUT2D eigenvalue weighted by atomic mass is 10.0. The predicted molar refractivity (Wildman–Crippen MR) is 82.9 cm³/mol. The Bertz CT molecular complexity index is 460. The molecule has 0 saturated carbocycles. The van der Waals surface area contributed by atoms with E-state index in [0.717, 1.165) is 5.69 Å². The Morgan fingerprint density at radius 3 is 2.29 bits per heavy atom. The van der Waals surface area contributed by atoms with Gasteiger partial charge in [0, 0.05) is 5.69 Å². The molecule has 0 bridgehead atoms. The van der Waals surface area contributed by atoms with E-state index in [1.165, 1.54) is 7.11 Å². The Morgan fingerprint density at radius 1 is 1.14 bits per heavy atom. The van der Waals surface area contributed by atoms with E-state index in [2.05, 4.69) is 10.6 Å². The number of carbonyl (C=O) groups is 2. The number of hydrogen-bond acceptors (Lipinski definition) is 4. The van der Waals surface area contributed by atoms with Crippen LogP contribution in [0.15, 0.2) is 30.3 Å². The summed E-state index contributed by atoms with van der Waals surface area (Å²) in [7, 11) is 1.35. The maximum absolute atomic E-state index is 12.1. The predicted octanol–water partition coefficient (Wildman–Crippen LogP) is 2.19. The van der Waals surface area contributed by atoms with Crippen molar-refractivity contribution >= 4 is 17.6 Å². The second-order valence-electron chi connectivity index (χ2n) is 5.45. The summed E-state index contributed by atoms with van der Waals surface area (Å²) in [6.45, 7) is 5.77. The minimum absolute atomic E-state index is 0.182. The Morgan fingerprint density at radius 2 is 1.76 bits per heavy atom. The van der Waals surface area contributed by atoms with Crippen LogP contribution >= 0.6 is 0 Å². The first-order valence-corrected chi connectivity index (χ1v) is 7.13. The third-order valence-electron chi connectivity index (χ3n) is 3.08. The number of hydrogen-bond donors (Lipinski definition) is 2. The van der Waals surface area contributed by atoms with Gasteiger partial charge in [0.05, 0.1) is 13.2 Å². The molecule has 0 saturated heterocycles. The third kappa shape index (κ3) is 5.95. The van der Waals surface area contributed by atoms with Gasteiger partial charge in [0.1, 0.15) is 6.04 Å². The maximum Gasteiger partial charge on any atom is 0.322 e. The molecule has 1 aromatic rings. The van der Waals surface area contributed by atoms with E-state index in [4.69, 9.17) is 4.74 Å². The number of esters is 1. The zero-order chi connectivity index (χ0) is 15.8. The number of benzene rings is 1. The molecule has 1 amide bonds. The largest absolute Gasteiger partial charge is 0.468 e. The van der Waals surface area contributed by atoms with Crippen LogP contribution in [-0.2, 0) is 14.3 Å². The van der Waals surface area contributed by atoms with Crippen LogP contribution in [0.25, 0.3) is 0 Å². The third-order valence-corrected chi connectivity index (χ3v) is 3.08. The van der Waals surface area contributed by atoms with Crippen molar-refractivity contribution in [3.63, 3.8) is 0 Å². The fourth-order valence-corrected chi connectivity index (χ4v) is 2.00. The summed E-state index contributed by atoms with van der Waals surface area (Å²) in [5, 5.41) is 5.84. The van der Waals surface area contributed by atoms with Gasteiger partial charge in [-0.1, -0.05) is 32.0 Å². The molecule has 5 heteroatoms. The molecule has 5 nitrogen and oxygen atoms in total. The quantitative estimate of drug-likeness (QED) is 0.756. The van der Waals surface area contributed by atoms with Crippen molar-refractivity contribution in [2.45, 2.75) is 39.3 Å². The molecule has 1 aromatic carbocycles. The number of methoxy groups -OCH3 is 1. The standard InChI is InChI=1S/C16H24N2O3/c1-11(2)10-14(16(20)21-4)17-12(3)15(19)18-13-8-6-5-7-9-13/h5-9,11-12,14,17H,10H2,1-4H3,(H,18,19). The summed E-state index contributed by atoms with van der Waals surface area (Å²) in [4.78, 5) is 23.9. The van der Waals surface area contributed by atoms with Crippen LogP contribution in [-0.4, -0.2) is 31.1 Å². The summed E-state index contributed by atoms with van der Waals surface area (Å²) in [5.74, 6) is -0.201. The molecule has 0 fully saturated rings. The number of para-hydroxylation sites is 1. The first-order chi connectivity index (χ1) is 9.93. The van der Waals surface area contributed by atoms with Crippen molar-refractivity contribution in [1.82, 2.24) is 5.32 Å². The van der Waals surface area contributed by atoms with Gasteiger partial charge in [0.15, 0.2) is 0 Å². The monoisotopic (exact) mass is 292 g/mol. The lowest BCUT2D eigenvalue weighted by molar-refractivity contribution is -0.143. The normalized spacial score (nSPS) is 13.6. The highest BCUT2D eigenvalue weighted by Gasteiger charge is 2.25. The summed E-state index contributed by atoms with van der Waals surface area (Å²) < 4.78 is 4.78. The zero-order valence-corrected chi connectivity index (χ0v) is 13.1. The molecule has 0 aromatic heterocycles. The average molecular weight is 292 g/mol. The topological polar surface area (TPSA) is 67.4 Å². The fraction of sp³-hybridized carbons (Fsp3) is 0.500. The van der Waals surface area contributed by atoms with Crippen molar-refractivity contribution < 1.29 is 14.3 Å². The number of ether oxygens (including phenoxy) is 1. The van der Waals surface area contributed by atoms with Crippen molar-refractivity contribution in [1.29, 1.82) is 0 Å². The lowest BCUT2D eigenvalue weighted by Crippen LogP contribution is -2.48. The molecule has 116 valence electrons. The van der Waals surface area contributed by atoms with Gasteiger partial charge < -0.3 is 10.1 Å². The Balaban J connectivity index is 2.61. The van der Waals surface area contributed by atoms with Crippen LogP contribution in [0.1, 0.15) is 27.2 Å². The van der Waals surface area contributed by atoms with Gasteiger partial charge in [-0.05, 0) is 31.4 Å². The van der Waals surface area contributed by atoms with Crippen molar-refractivity contribution in [2.24, 2.45) is 5.92 Å². The Labute approximate surface area is 126 Å². The molecule has 0 aliphatic rings. The second-order valence-corrected chi connectivity index (χ2v) is 5.45. The number of nitrogens with one attached hydrogen (secondary N) is 2. The van der Waals surface area contributed by atoms with Crippen LogP contribution in [0.4, 0.5) is 5.69 Å². The van der Waals surface area contributed by atoms with Crippen LogP contribution in [0.3, 0.4) is 0 Å². The van der Waals surface area contributed by atoms with E-state index < -0.39 is 12.1 Å². The van der Waals surface area contributed by atoms with Crippen molar-refractivity contribution in [3.05, 3.63) is 30.3 Å². The van der Waals surface area contributed by atoms with E-state index in [-0.39, 0.29) is 11.9 Å². The molecule has 0 radical (unpaired) electrons. The minimum Gasteiger partial charge on any atom is -0.468 e. The maximum atomic E-state index is 12.1. The molecule has 1 rings (SSSR count). The summed E-state index contributed by atoms with van der Waals surface area (Å²) >= 11 is 0. The van der Waals surface area contributed by atoms with Crippen LogP contribution in [0.2, 0.25) is 0 Å². The van der Waals surface area contributed by atoms with Gasteiger partial charge in [-0.2, -0.15) is 0 Å². The fourth-order valence-electron chi connectivity index (χ4n) is 2.00. The molecule has 0 heterocycles. The number of anilines is 1. The Hall–Kier alpha value is -1.88. The van der Waals surface area contributed by atoms with E-state index in [9.17, 15) is 9.59 Å². The Kier molecular flexibility index (Phi) is 6.88. The average Bonchev–Trinajstić information content (AvgIpc) is 2.46. The van der Waals surface area contributed by atoms with E-state index in [0.29, 0.717) is 12.3 Å². The first-order valence-electron chi connectivity index (χ1n) is 7.13. The van der Waals surface area contributed by atoms with Crippen LogP contribution < -0.4 is 10.6 Å². The molecule has 0 aliphatic heterocycles. The lowest BCUT2D eigenvalue weighted by Gasteiger charge is -2.22. The molecule has 0 aliphatic carbocycles. The van der Waals surface area contributed by atoms with E-state index in [1.54, 1.807) is 6.92 Å². The SMILES string of the molecule is COC(=O)C(CC(C)C)NC(C)C(=O)Nc1ccccc1. The second kappa shape index (κ2) is 8.42. The smallest absolute Gasteiger partial charge is 0.322 e. The molecular formula is C16H24N2O3. The number of rotatable bonds is 7. The summed E-state index contributed by atoms with van der Waals surface area (Å²) in [6.07, 6.45) is 0.621. The van der Waals surface area contributed by atoms with Crippen LogP contribution in [0.5, 0.6) is 0 Å². The molecule has 21 heavy (non-hydrogen) atoms. The highest BCUT2D eigenvalue weighted by Crippen LogP contribution is 2.09. The van der Waals surface area contributed by atoms with Gasteiger partial charge in [0.2, 0.25) is 5.91 Å². The molecule has 2 N–H and O–H groups in total. The number of carbonyl (C=O) groups excluding carboxylic acids is 2. The number of amides is 1. The van der Waals surface area contributed by atoms with E-state index in [1.807, 2.05) is 44.2 Å². The summed E-state index contributed by atoms with van der Waals surface area (Å²) in [6, 6.07) is 8.24. The first kappa shape index (κ1) is 17.2. The van der Waals surface area contributed by atoms with Crippen LogP contribution in [0, 0.1) is 5.92 Å². The summed E-state index contributed by atoms with van der Waals surface area (Å²) in [5.41, 5.74) is 0.731. The highest BCUT2D eigenvalue weighted by molar-refractivity contribution is 5.94. The molecule has 2 unspecified atom stereocenters. The van der Waals surface area contributed by atoms with Gasteiger partial charge in [0.25, 0.3) is 0 Å². The molecule has 2 atom stereocenters. The van der Waals surface area contributed by atoms with E-state index >= 15 is 0 Å². The highest BCUT2D eigenvalue weighted by atomic mass is 16.5. The van der Waals surface area contributed by atoms with Gasteiger partial charge >= 0.3 is 5.97 Å².